The van der Waals surface area contributed by atoms with Crippen molar-refractivity contribution in [2.24, 2.45) is 16.1 Å². The predicted molar refractivity (Wildman–Crippen MR) is 104 cm³/mol. The minimum atomic E-state index is 0.342. The first-order valence-electron chi connectivity index (χ1n) is 8.97. The average Bonchev–Trinajstić information content (AvgIpc) is 3.19. The second kappa shape index (κ2) is 7.04. The fourth-order valence-electron chi connectivity index (χ4n) is 3.44. The van der Waals surface area contributed by atoms with Crippen molar-refractivity contribution in [3.05, 3.63) is 47.5 Å². The zero-order chi connectivity index (χ0) is 17.1. The molecule has 2 heterocycles. The van der Waals surface area contributed by atoms with Crippen molar-refractivity contribution in [1.82, 2.24) is 9.88 Å². The minimum absolute atomic E-state index is 0.342. The Balaban J connectivity index is 1.30. The summed E-state index contributed by atoms with van der Waals surface area (Å²) in [5.41, 5.74) is 8.04. The largest absolute Gasteiger partial charge is 0.370 e. The first-order chi connectivity index (χ1) is 12.2. The van der Waals surface area contributed by atoms with E-state index in [0.29, 0.717) is 11.4 Å². The predicted octanol–water partition coefficient (Wildman–Crippen LogP) is 2.60. The second-order valence-electron chi connectivity index (χ2n) is 7.13. The van der Waals surface area contributed by atoms with Crippen LogP contribution in [0.3, 0.4) is 0 Å². The summed E-state index contributed by atoms with van der Waals surface area (Å²) in [6.45, 7) is 4.60. The van der Waals surface area contributed by atoms with Crippen LogP contribution in [-0.2, 0) is 6.42 Å². The Kier molecular flexibility index (Phi) is 4.61. The number of benzene rings is 1. The van der Waals surface area contributed by atoms with Crippen LogP contribution in [0, 0.1) is 5.41 Å². The maximum Gasteiger partial charge on any atom is 0.191 e. The van der Waals surface area contributed by atoms with E-state index in [0.717, 1.165) is 44.3 Å². The molecule has 0 amide bonds. The Hall–Kier alpha value is -2.08. The van der Waals surface area contributed by atoms with Crippen LogP contribution in [0.15, 0.2) is 46.9 Å². The zero-order valence-electron chi connectivity index (χ0n) is 14.5. The van der Waals surface area contributed by atoms with Crippen molar-refractivity contribution in [3.8, 4) is 0 Å². The summed E-state index contributed by atoms with van der Waals surface area (Å²) < 4.78 is 0. The van der Waals surface area contributed by atoms with E-state index in [1.54, 1.807) is 11.3 Å². The molecule has 2 fully saturated rings. The fraction of sp³-hybridized carbons (Fsp3) is 0.474. The SMILES string of the molecule is NC(=NCC1(Cc2ccccc2)CC1)N1CCN(c2nccs2)CC1. The number of aromatic nitrogens is 1. The van der Waals surface area contributed by atoms with E-state index in [1.165, 1.54) is 18.4 Å². The Morgan fingerprint density at radius 1 is 1.16 bits per heavy atom. The highest BCUT2D eigenvalue weighted by Crippen LogP contribution is 2.48. The van der Waals surface area contributed by atoms with Crippen LogP contribution >= 0.6 is 11.3 Å². The molecule has 2 aromatic rings. The van der Waals surface area contributed by atoms with Gasteiger partial charge in [-0.3, -0.25) is 4.99 Å². The lowest BCUT2D eigenvalue weighted by molar-refractivity contribution is 0.378. The lowest BCUT2D eigenvalue weighted by Crippen LogP contribution is -2.51. The van der Waals surface area contributed by atoms with Gasteiger partial charge in [0.25, 0.3) is 0 Å². The number of thiazole rings is 1. The van der Waals surface area contributed by atoms with E-state index in [-0.39, 0.29) is 0 Å². The molecule has 0 bridgehead atoms. The number of rotatable bonds is 5. The van der Waals surface area contributed by atoms with E-state index < -0.39 is 0 Å². The van der Waals surface area contributed by atoms with Gasteiger partial charge in [0.05, 0.1) is 0 Å². The molecule has 5 nitrogen and oxygen atoms in total. The van der Waals surface area contributed by atoms with Gasteiger partial charge in [-0.25, -0.2) is 4.98 Å². The van der Waals surface area contributed by atoms with Crippen LogP contribution in [0.5, 0.6) is 0 Å². The Labute approximate surface area is 153 Å². The molecule has 0 spiro atoms. The molecule has 2 aliphatic rings. The molecular formula is C19H25N5S. The maximum absolute atomic E-state index is 6.29. The monoisotopic (exact) mass is 355 g/mol. The summed E-state index contributed by atoms with van der Waals surface area (Å²) in [5.74, 6) is 0.707. The van der Waals surface area contributed by atoms with Crippen LogP contribution < -0.4 is 10.6 Å². The molecule has 132 valence electrons. The Morgan fingerprint density at radius 2 is 1.92 bits per heavy atom. The van der Waals surface area contributed by atoms with E-state index in [9.17, 15) is 0 Å². The highest BCUT2D eigenvalue weighted by atomic mass is 32.1. The maximum atomic E-state index is 6.29. The highest BCUT2D eigenvalue weighted by Gasteiger charge is 2.42. The molecule has 25 heavy (non-hydrogen) atoms. The zero-order valence-corrected chi connectivity index (χ0v) is 15.3. The quantitative estimate of drug-likeness (QED) is 0.662. The fourth-order valence-corrected chi connectivity index (χ4v) is 4.14. The van der Waals surface area contributed by atoms with E-state index in [4.69, 9.17) is 10.7 Å². The average molecular weight is 356 g/mol. The summed E-state index contributed by atoms with van der Waals surface area (Å²) in [6.07, 6.45) is 5.50. The smallest absolute Gasteiger partial charge is 0.191 e. The molecular weight excluding hydrogens is 330 g/mol. The van der Waals surface area contributed by atoms with Gasteiger partial charge in [0.1, 0.15) is 0 Å². The summed E-state index contributed by atoms with van der Waals surface area (Å²) >= 11 is 1.70. The minimum Gasteiger partial charge on any atom is -0.370 e. The molecule has 1 aromatic heterocycles. The van der Waals surface area contributed by atoms with Gasteiger partial charge in [-0.1, -0.05) is 30.3 Å². The Morgan fingerprint density at radius 3 is 2.56 bits per heavy atom. The van der Waals surface area contributed by atoms with Gasteiger partial charge < -0.3 is 15.5 Å². The van der Waals surface area contributed by atoms with Gasteiger partial charge in [-0.05, 0) is 30.2 Å². The van der Waals surface area contributed by atoms with Gasteiger partial charge in [0.2, 0.25) is 0 Å². The summed E-state index contributed by atoms with van der Waals surface area (Å²) in [6, 6.07) is 10.7. The number of guanidine groups is 1. The molecule has 1 saturated heterocycles. The van der Waals surface area contributed by atoms with Gasteiger partial charge in [-0.2, -0.15) is 0 Å². The molecule has 1 aliphatic heterocycles. The third-order valence-corrected chi connectivity index (χ3v) is 6.08. The van der Waals surface area contributed by atoms with Crippen molar-refractivity contribution >= 4 is 22.4 Å². The topological polar surface area (TPSA) is 57.8 Å². The van der Waals surface area contributed by atoms with Crippen molar-refractivity contribution in [2.45, 2.75) is 19.3 Å². The molecule has 6 heteroatoms. The number of piperazine rings is 1. The third kappa shape index (κ3) is 3.95. The molecule has 1 aliphatic carbocycles. The number of anilines is 1. The van der Waals surface area contributed by atoms with Crippen molar-refractivity contribution in [3.63, 3.8) is 0 Å². The number of hydrogen-bond acceptors (Lipinski definition) is 4. The number of aliphatic imine (C=N–C) groups is 1. The molecule has 2 N–H and O–H groups in total. The van der Waals surface area contributed by atoms with Crippen LogP contribution in [-0.4, -0.2) is 48.6 Å². The van der Waals surface area contributed by atoms with E-state index >= 15 is 0 Å². The number of hydrogen-bond donors (Lipinski definition) is 1. The highest BCUT2D eigenvalue weighted by molar-refractivity contribution is 7.13. The van der Waals surface area contributed by atoms with Gasteiger partial charge in [-0.15, -0.1) is 11.3 Å². The van der Waals surface area contributed by atoms with Gasteiger partial charge in [0.15, 0.2) is 11.1 Å². The molecule has 1 aromatic carbocycles. The second-order valence-corrected chi connectivity index (χ2v) is 8.00. The number of nitrogens with zero attached hydrogens (tertiary/aromatic N) is 4. The summed E-state index contributed by atoms with van der Waals surface area (Å²) in [5, 5.41) is 3.13. The molecule has 0 radical (unpaired) electrons. The van der Waals surface area contributed by atoms with E-state index in [1.807, 2.05) is 11.6 Å². The summed E-state index contributed by atoms with van der Waals surface area (Å²) in [7, 11) is 0. The molecule has 1 saturated carbocycles. The first-order valence-corrected chi connectivity index (χ1v) is 9.85. The van der Waals surface area contributed by atoms with Gasteiger partial charge >= 0.3 is 0 Å². The third-order valence-electron chi connectivity index (χ3n) is 5.25. The van der Waals surface area contributed by atoms with Crippen LogP contribution in [0.25, 0.3) is 0 Å². The van der Waals surface area contributed by atoms with Crippen LogP contribution in [0.4, 0.5) is 5.13 Å². The lowest BCUT2D eigenvalue weighted by Gasteiger charge is -2.35. The van der Waals surface area contributed by atoms with Crippen molar-refractivity contribution < 1.29 is 0 Å². The molecule has 0 atom stereocenters. The van der Waals surface area contributed by atoms with Crippen molar-refractivity contribution in [2.75, 3.05) is 37.6 Å². The normalized spacial score (nSPS) is 19.9. The molecule has 4 rings (SSSR count). The molecule has 0 unspecified atom stereocenters. The standard InChI is InChI=1S/C19H25N5S/c20-17(23-9-11-24(12-10-23)18-21-8-13-25-18)22-15-19(6-7-19)14-16-4-2-1-3-5-16/h1-5,8,13H,6-7,9-12,14-15H2,(H2,20,22). The van der Waals surface area contributed by atoms with Crippen molar-refractivity contribution in [1.29, 1.82) is 0 Å². The Bertz CT molecular complexity index is 701. The van der Waals surface area contributed by atoms with Crippen LogP contribution in [0.2, 0.25) is 0 Å². The lowest BCUT2D eigenvalue weighted by atomic mass is 9.97. The van der Waals surface area contributed by atoms with E-state index in [2.05, 4.69) is 45.1 Å². The number of nitrogens with two attached hydrogens (primary N) is 1. The summed E-state index contributed by atoms with van der Waals surface area (Å²) in [4.78, 5) is 13.7. The van der Waals surface area contributed by atoms with Crippen LogP contribution in [0.1, 0.15) is 18.4 Å². The van der Waals surface area contributed by atoms with Gasteiger partial charge in [0, 0.05) is 44.3 Å². The first kappa shape index (κ1) is 16.4.